The molecule has 1 amide bonds. The molecule has 0 saturated carbocycles. The lowest BCUT2D eigenvalue weighted by atomic mass is 10.0. The van der Waals surface area contributed by atoms with Crippen molar-refractivity contribution in [2.45, 2.75) is 25.1 Å². The lowest BCUT2D eigenvalue weighted by molar-refractivity contribution is -0.139. The highest BCUT2D eigenvalue weighted by Gasteiger charge is 2.36. The van der Waals surface area contributed by atoms with Crippen LogP contribution in [0.3, 0.4) is 0 Å². The molecular formula is C25H24ClF3N2O3. The van der Waals surface area contributed by atoms with Gasteiger partial charge in [-0.1, -0.05) is 66.2 Å². The molecular weight excluding hydrogens is 469 g/mol. The minimum Gasteiger partial charge on any atom is -0.493 e. The van der Waals surface area contributed by atoms with Crippen LogP contribution in [0.2, 0.25) is 5.02 Å². The number of aliphatic hydroxyl groups excluding tert-OH is 1. The Hall–Kier alpha value is -3.07. The first-order valence-corrected chi connectivity index (χ1v) is 10.8. The van der Waals surface area contributed by atoms with Crippen molar-refractivity contribution in [2.75, 3.05) is 18.5 Å². The maximum absolute atomic E-state index is 13.7. The zero-order chi connectivity index (χ0) is 24.9. The summed E-state index contributed by atoms with van der Waals surface area (Å²) in [7, 11) is 0. The Labute approximate surface area is 200 Å². The van der Waals surface area contributed by atoms with Crippen molar-refractivity contribution < 1.29 is 27.8 Å². The van der Waals surface area contributed by atoms with Gasteiger partial charge in [0.1, 0.15) is 11.3 Å². The smallest absolute Gasteiger partial charge is 0.420 e. The van der Waals surface area contributed by atoms with E-state index in [1.807, 2.05) is 54.6 Å². The van der Waals surface area contributed by atoms with E-state index < -0.39 is 35.5 Å². The number of carbonyl (C=O) groups excluding carboxylic acids is 1. The predicted octanol–water partition coefficient (Wildman–Crippen LogP) is 5.30. The second kappa shape index (κ2) is 10.5. The van der Waals surface area contributed by atoms with Crippen molar-refractivity contribution in [1.82, 2.24) is 0 Å². The standard InChI is InChI=1S/C25H24ClF3N2O3/c1-24(30,15-32)23(33)31-21-13-19(25(27,28)29)22(14-20(21)26)34-12-11-16-7-9-18(10-8-16)17-5-3-2-4-6-17/h2-10,13-14,32H,11-12,15,30H2,1H3,(H,31,33)/t24-/m0/s1. The summed E-state index contributed by atoms with van der Waals surface area (Å²) in [5.74, 6) is -1.33. The monoisotopic (exact) mass is 492 g/mol. The highest BCUT2D eigenvalue weighted by atomic mass is 35.5. The number of carbonyl (C=O) groups is 1. The number of nitrogens with one attached hydrogen (secondary N) is 1. The summed E-state index contributed by atoms with van der Waals surface area (Å²) in [6, 6.07) is 19.2. The summed E-state index contributed by atoms with van der Waals surface area (Å²) in [4.78, 5) is 12.1. The van der Waals surface area contributed by atoms with Gasteiger partial charge < -0.3 is 20.9 Å². The first-order chi connectivity index (χ1) is 16.0. The van der Waals surface area contributed by atoms with Crippen molar-refractivity contribution in [3.8, 4) is 16.9 Å². The summed E-state index contributed by atoms with van der Waals surface area (Å²) < 4.78 is 46.4. The fourth-order valence-electron chi connectivity index (χ4n) is 3.10. The first-order valence-electron chi connectivity index (χ1n) is 10.4. The van der Waals surface area contributed by atoms with Gasteiger partial charge in [-0.3, -0.25) is 4.79 Å². The van der Waals surface area contributed by atoms with Gasteiger partial charge in [0.25, 0.3) is 0 Å². The molecule has 180 valence electrons. The SMILES string of the molecule is C[C@](N)(CO)C(=O)Nc1cc(C(F)(F)F)c(OCCc2ccc(-c3ccccc3)cc2)cc1Cl. The van der Waals surface area contributed by atoms with Crippen molar-refractivity contribution in [3.63, 3.8) is 0 Å². The third-order valence-electron chi connectivity index (χ3n) is 5.18. The Bertz CT molecular complexity index is 1130. The number of halogens is 4. The number of rotatable bonds is 8. The molecule has 3 rings (SSSR count). The molecule has 0 spiro atoms. The quantitative estimate of drug-likeness (QED) is 0.398. The molecule has 0 unspecified atom stereocenters. The minimum atomic E-state index is -4.75. The summed E-state index contributed by atoms with van der Waals surface area (Å²) in [6.45, 7) is 0.530. The molecule has 0 saturated heterocycles. The number of hydrogen-bond donors (Lipinski definition) is 3. The van der Waals surface area contributed by atoms with Crippen LogP contribution in [-0.2, 0) is 17.4 Å². The van der Waals surface area contributed by atoms with Crippen LogP contribution in [0.4, 0.5) is 18.9 Å². The van der Waals surface area contributed by atoms with E-state index in [-0.39, 0.29) is 17.3 Å². The van der Waals surface area contributed by atoms with E-state index in [4.69, 9.17) is 22.1 Å². The van der Waals surface area contributed by atoms with Crippen LogP contribution in [0.15, 0.2) is 66.7 Å². The lowest BCUT2D eigenvalue weighted by Crippen LogP contribution is -2.51. The fourth-order valence-corrected chi connectivity index (χ4v) is 3.30. The molecule has 34 heavy (non-hydrogen) atoms. The maximum atomic E-state index is 13.7. The van der Waals surface area contributed by atoms with Gasteiger partial charge in [0.05, 0.1) is 29.5 Å². The van der Waals surface area contributed by atoms with E-state index in [1.165, 1.54) is 6.92 Å². The summed E-state index contributed by atoms with van der Waals surface area (Å²) in [5, 5.41) is 11.3. The average molecular weight is 493 g/mol. The van der Waals surface area contributed by atoms with E-state index in [2.05, 4.69) is 5.32 Å². The molecule has 0 radical (unpaired) electrons. The highest BCUT2D eigenvalue weighted by Crippen LogP contribution is 2.41. The Morgan fingerprint density at radius 3 is 2.26 bits per heavy atom. The number of aliphatic hydroxyl groups is 1. The van der Waals surface area contributed by atoms with Crippen molar-refractivity contribution >= 4 is 23.2 Å². The first kappa shape index (κ1) is 25.6. The number of nitrogens with two attached hydrogens (primary N) is 1. The van der Waals surface area contributed by atoms with Gasteiger partial charge in [0, 0.05) is 12.5 Å². The van der Waals surface area contributed by atoms with Crippen molar-refractivity contribution in [1.29, 1.82) is 0 Å². The van der Waals surface area contributed by atoms with E-state index in [9.17, 15) is 23.1 Å². The van der Waals surface area contributed by atoms with E-state index in [0.717, 1.165) is 22.8 Å². The molecule has 0 aliphatic heterocycles. The Morgan fingerprint density at radius 2 is 1.68 bits per heavy atom. The van der Waals surface area contributed by atoms with Crippen LogP contribution in [0.25, 0.3) is 11.1 Å². The molecule has 0 aliphatic carbocycles. The molecule has 0 bridgehead atoms. The molecule has 9 heteroatoms. The molecule has 0 aromatic heterocycles. The average Bonchev–Trinajstić information content (AvgIpc) is 2.80. The Balaban J connectivity index is 1.72. The van der Waals surface area contributed by atoms with Crippen molar-refractivity contribution in [3.05, 3.63) is 82.9 Å². The highest BCUT2D eigenvalue weighted by molar-refractivity contribution is 6.34. The number of ether oxygens (including phenoxy) is 1. The number of anilines is 1. The summed E-state index contributed by atoms with van der Waals surface area (Å²) in [6.07, 6.45) is -4.37. The molecule has 5 nitrogen and oxygen atoms in total. The van der Waals surface area contributed by atoms with Crippen LogP contribution in [0, 0.1) is 0 Å². The normalized spacial score (nSPS) is 13.3. The topological polar surface area (TPSA) is 84.6 Å². The van der Waals surface area contributed by atoms with Crippen LogP contribution in [0.1, 0.15) is 18.1 Å². The molecule has 3 aromatic rings. The molecule has 0 fully saturated rings. The van der Waals surface area contributed by atoms with Gasteiger partial charge >= 0.3 is 6.18 Å². The van der Waals surface area contributed by atoms with Crippen LogP contribution < -0.4 is 15.8 Å². The van der Waals surface area contributed by atoms with Gasteiger partial charge in [-0.2, -0.15) is 13.2 Å². The molecule has 4 N–H and O–H groups in total. The van der Waals surface area contributed by atoms with Crippen LogP contribution in [-0.4, -0.2) is 29.8 Å². The van der Waals surface area contributed by atoms with E-state index >= 15 is 0 Å². The number of hydrogen-bond acceptors (Lipinski definition) is 4. The summed E-state index contributed by atoms with van der Waals surface area (Å²) in [5.41, 5.74) is 5.56. The third-order valence-corrected chi connectivity index (χ3v) is 5.49. The molecule has 1 atom stereocenters. The molecule has 0 aliphatic rings. The zero-order valence-electron chi connectivity index (χ0n) is 18.3. The predicted molar refractivity (Wildman–Crippen MR) is 126 cm³/mol. The van der Waals surface area contributed by atoms with Gasteiger partial charge in [-0.15, -0.1) is 0 Å². The van der Waals surface area contributed by atoms with E-state index in [0.29, 0.717) is 12.5 Å². The number of amides is 1. The molecule has 3 aromatic carbocycles. The van der Waals surface area contributed by atoms with Crippen LogP contribution in [0.5, 0.6) is 5.75 Å². The second-order valence-electron chi connectivity index (χ2n) is 8.02. The Kier molecular flexibility index (Phi) is 7.86. The number of benzene rings is 3. The zero-order valence-corrected chi connectivity index (χ0v) is 19.1. The largest absolute Gasteiger partial charge is 0.493 e. The summed E-state index contributed by atoms with van der Waals surface area (Å²) >= 11 is 6.09. The minimum absolute atomic E-state index is 0.0127. The van der Waals surface area contributed by atoms with E-state index in [1.54, 1.807) is 0 Å². The van der Waals surface area contributed by atoms with Crippen LogP contribution >= 0.6 is 11.6 Å². The van der Waals surface area contributed by atoms with Gasteiger partial charge in [-0.05, 0) is 29.7 Å². The molecule has 0 heterocycles. The van der Waals surface area contributed by atoms with Gasteiger partial charge in [0.2, 0.25) is 5.91 Å². The lowest BCUT2D eigenvalue weighted by Gasteiger charge is -2.22. The van der Waals surface area contributed by atoms with Gasteiger partial charge in [0.15, 0.2) is 0 Å². The van der Waals surface area contributed by atoms with Crippen molar-refractivity contribution in [2.24, 2.45) is 5.73 Å². The third kappa shape index (κ3) is 6.28. The second-order valence-corrected chi connectivity index (χ2v) is 8.42. The Morgan fingerprint density at radius 1 is 1.06 bits per heavy atom. The number of alkyl halides is 3. The maximum Gasteiger partial charge on any atom is 0.420 e. The van der Waals surface area contributed by atoms with Gasteiger partial charge in [-0.25, -0.2) is 0 Å². The fraction of sp³-hybridized carbons (Fsp3) is 0.240.